The third kappa shape index (κ3) is 2.94. The maximum Gasteiger partial charge on any atom is 0.0951 e. The molecule has 19 heavy (non-hydrogen) atoms. The van der Waals surface area contributed by atoms with Crippen molar-refractivity contribution in [1.82, 2.24) is 0 Å². The van der Waals surface area contributed by atoms with Gasteiger partial charge in [0.05, 0.1) is 32.2 Å². The smallest absolute Gasteiger partial charge is 0.0951 e. The Hall–Kier alpha value is -1.02. The van der Waals surface area contributed by atoms with E-state index in [0.29, 0.717) is 0 Å². The van der Waals surface area contributed by atoms with Crippen LogP contribution in [0.5, 0.6) is 0 Å². The number of anilines is 1. The largest absolute Gasteiger partial charge is 0.360 e. The fraction of sp³-hybridized carbons (Fsp3) is 0.647. The van der Waals surface area contributed by atoms with Gasteiger partial charge < -0.3 is 9.80 Å². The first-order valence-corrected chi connectivity index (χ1v) is 7.88. The van der Waals surface area contributed by atoms with E-state index in [1.807, 2.05) is 4.90 Å². The summed E-state index contributed by atoms with van der Waals surface area (Å²) in [6.45, 7) is 9.68. The Bertz CT molecular complexity index is 404. The standard InChI is InChI=1S/C17H26N2/c1-14-3-6-16(7-4-14)18-9-11-19(12-10-18)17-8-5-15(2)13-17/h3-4,6-7,15,17H,5,8-13H2,1-2H3/p+1/t15-,17+/m0/s1. The molecule has 104 valence electrons. The molecule has 0 unspecified atom stereocenters. The summed E-state index contributed by atoms with van der Waals surface area (Å²) in [7, 11) is 0. The lowest BCUT2D eigenvalue weighted by atomic mass is 10.1. The second-order valence-corrected chi connectivity index (χ2v) is 6.60. The van der Waals surface area contributed by atoms with E-state index in [0.717, 1.165) is 12.0 Å². The Kier molecular flexibility index (Phi) is 3.79. The lowest BCUT2D eigenvalue weighted by molar-refractivity contribution is -0.925. The minimum atomic E-state index is 0.954. The van der Waals surface area contributed by atoms with Crippen molar-refractivity contribution in [3.05, 3.63) is 29.8 Å². The molecule has 2 nitrogen and oxygen atoms in total. The van der Waals surface area contributed by atoms with Crippen LogP contribution in [0.1, 0.15) is 31.7 Å². The fourth-order valence-electron chi connectivity index (χ4n) is 3.79. The molecule has 2 heteroatoms. The van der Waals surface area contributed by atoms with E-state index in [1.165, 1.54) is 56.7 Å². The van der Waals surface area contributed by atoms with Crippen LogP contribution in [-0.4, -0.2) is 32.2 Å². The number of piperazine rings is 1. The second kappa shape index (κ2) is 5.54. The van der Waals surface area contributed by atoms with Gasteiger partial charge in [-0.3, -0.25) is 0 Å². The molecule has 2 aliphatic rings. The van der Waals surface area contributed by atoms with Gasteiger partial charge in [-0.15, -0.1) is 0 Å². The zero-order valence-electron chi connectivity index (χ0n) is 12.4. The van der Waals surface area contributed by atoms with Crippen LogP contribution < -0.4 is 9.80 Å². The highest BCUT2D eigenvalue weighted by atomic mass is 15.3. The van der Waals surface area contributed by atoms with Gasteiger partial charge in [0.1, 0.15) is 0 Å². The van der Waals surface area contributed by atoms with E-state index in [4.69, 9.17) is 0 Å². The van der Waals surface area contributed by atoms with E-state index in [1.54, 1.807) is 0 Å². The van der Waals surface area contributed by atoms with Crippen LogP contribution in [0.25, 0.3) is 0 Å². The molecular formula is C17H27N2+. The fourth-order valence-corrected chi connectivity index (χ4v) is 3.79. The molecular weight excluding hydrogens is 232 g/mol. The summed E-state index contributed by atoms with van der Waals surface area (Å²) in [4.78, 5) is 4.43. The molecule has 1 aliphatic heterocycles. The first kappa shape index (κ1) is 13.0. The molecule has 2 atom stereocenters. The lowest BCUT2D eigenvalue weighted by Crippen LogP contribution is -3.18. The Morgan fingerprint density at radius 3 is 2.32 bits per heavy atom. The quantitative estimate of drug-likeness (QED) is 0.852. The van der Waals surface area contributed by atoms with Crippen molar-refractivity contribution in [3.63, 3.8) is 0 Å². The molecule has 1 aromatic carbocycles. The van der Waals surface area contributed by atoms with Gasteiger partial charge in [0.25, 0.3) is 0 Å². The number of rotatable bonds is 2. The van der Waals surface area contributed by atoms with E-state index < -0.39 is 0 Å². The summed E-state index contributed by atoms with van der Waals surface area (Å²) >= 11 is 0. The molecule has 1 aromatic rings. The molecule has 1 aliphatic carbocycles. The van der Waals surface area contributed by atoms with Crippen molar-refractivity contribution in [3.8, 4) is 0 Å². The van der Waals surface area contributed by atoms with Crippen LogP contribution >= 0.6 is 0 Å². The van der Waals surface area contributed by atoms with Gasteiger partial charge in [-0.25, -0.2) is 0 Å². The Balaban J connectivity index is 1.56. The number of aryl methyl sites for hydroxylation is 1. The maximum atomic E-state index is 2.56. The van der Waals surface area contributed by atoms with Gasteiger partial charge in [-0.1, -0.05) is 24.6 Å². The Labute approximate surface area is 117 Å². The third-order valence-electron chi connectivity index (χ3n) is 5.08. The summed E-state index contributed by atoms with van der Waals surface area (Å²) in [6, 6.07) is 9.96. The Morgan fingerprint density at radius 1 is 1.05 bits per heavy atom. The highest BCUT2D eigenvalue weighted by molar-refractivity contribution is 5.47. The summed E-state index contributed by atoms with van der Waals surface area (Å²) < 4.78 is 0. The molecule has 0 amide bonds. The van der Waals surface area contributed by atoms with Crippen LogP contribution in [-0.2, 0) is 0 Å². The molecule has 1 heterocycles. The van der Waals surface area contributed by atoms with Crippen LogP contribution in [0.2, 0.25) is 0 Å². The monoisotopic (exact) mass is 259 g/mol. The first-order valence-electron chi connectivity index (χ1n) is 7.88. The van der Waals surface area contributed by atoms with Crippen molar-refractivity contribution in [2.24, 2.45) is 5.92 Å². The van der Waals surface area contributed by atoms with E-state index in [-0.39, 0.29) is 0 Å². The molecule has 1 saturated heterocycles. The van der Waals surface area contributed by atoms with E-state index in [9.17, 15) is 0 Å². The van der Waals surface area contributed by atoms with Crippen LogP contribution in [0.15, 0.2) is 24.3 Å². The van der Waals surface area contributed by atoms with Gasteiger partial charge in [0, 0.05) is 12.1 Å². The van der Waals surface area contributed by atoms with Gasteiger partial charge in [-0.05, 0) is 37.8 Å². The SMILES string of the molecule is Cc1ccc(N2CC[NH+]([C@@H]3CC[C@H](C)C3)CC2)cc1. The van der Waals surface area contributed by atoms with Crippen LogP contribution in [0, 0.1) is 12.8 Å². The normalized spacial score (nSPS) is 28.8. The molecule has 0 bridgehead atoms. The topological polar surface area (TPSA) is 7.68 Å². The minimum Gasteiger partial charge on any atom is -0.360 e. The first-order chi connectivity index (χ1) is 9.22. The number of hydrogen-bond acceptors (Lipinski definition) is 1. The second-order valence-electron chi connectivity index (χ2n) is 6.60. The summed E-state index contributed by atoms with van der Waals surface area (Å²) in [5, 5.41) is 0. The lowest BCUT2D eigenvalue weighted by Gasteiger charge is -2.36. The van der Waals surface area contributed by atoms with Crippen molar-refractivity contribution < 1.29 is 4.90 Å². The van der Waals surface area contributed by atoms with Gasteiger partial charge in [0.2, 0.25) is 0 Å². The van der Waals surface area contributed by atoms with Crippen LogP contribution in [0.4, 0.5) is 5.69 Å². The summed E-state index contributed by atoms with van der Waals surface area (Å²) in [5.74, 6) is 0.965. The van der Waals surface area contributed by atoms with Crippen molar-refractivity contribution in [2.75, 3.05) is 31.1 Å². The number of benzene rings is 1. The highest BCUT2D eigenvalue weighted by Gasteiger charge is 2.32. The molecule has 1 N–H and O–H groups in total. The number of nitrogens with zero attached hydrogens (tertiary/aromatic N) is 1. The predicted molar refractivity (Wildman–Crippen MR) is 80.9 cm³/mol. The van der Waals surface area contributed by atoms with Gasteiger partial charge >= 0.3 is 0 Å². The zero-order valence-corrected chi connectivity index (χ0v) is 12.4. The van der Waals surface area contributed by atoms with Gasteiger partial charge in [-0.2, -0.15) is 0 Å². The zero-order chi connectivity index (χ0) is 13.2. The van der Waals surface area contributed by atoms with Crippen LogP contribution in [0.3, 0.4) is 0 Å². The maximum absolute atomic E-state index is 2.56. The summed E-state index contributed by atoms with van der Waals surface area (Å²) in [6.07, 6.45) is 4.37. The van der Waals surface area contributed by atoms with E-state index in [2.05, 4.69) is 43.0 Å². The van der Waals surface area contributed by atoms with Crippen molar-refractivity contribution in [2.45, 2.75) is 39.2 Å². The molecule has 0 aromatic heterocycles. The predicted octanol–water partition coefficient (Wildman–Crippen LogP) is 1.89. The minimum absolute atomic E-state index is 0.954. The van der Waals surface area contributed by atoms with E-state index >= 15 is 0 Å². The molecule has 2 fully saturated rings. The molecule has 3 rings (SSSR count). The van der Waals surface area contributed by atoms with Crippen molar-refractivity contribution >= 4 is 5.69 Å². The molecule has 0 spiro atoms. The number of hydrogen-bond donors (Lipinski definition) is 1. The Morgan fingerprint density at radius 2 is 1.74 bits per heavy atom. The third-order valence-corrected chi connectivity index (χ3v) is 5.08. The van der Waals surface area contributed by atoms with Crippen molar-refractivity contribution in [1.29, 1.82) is 0 Å². The number of nitrogens with one attached hydrogen (secondary N) is 1. The molecule has 1 saturated carbocycles. The average Bonchev–Trinajstić information content (AvgIpc) is 2.87. The summed E-state index contributed by atoms with van der Waals surface area (Å²) in [5.41, 5.74) is 2.76. The van der Waals surface area contributed by atoms with Gasteiger partial charge in [0.15, 0.2) is 0 Å². The highest BCUT2D eigenvalue weighted by Crippen LogP contribution is 2.23. The molecule has 0 radical (unpaired) electrons. The number of quaternary nitrogens is 1. The average molecular weight is 259 g/mol.